The van der Waals surface area contributed by atoms with Crippen molar-refractivity contribution in [3.8, 4) is 0 Å². The minimum Gasteiger partial charge on any atom is -0.327 e. The Morgan fingerprint density at radius 1 is 1.57 bits per heavy atom. The predicted octanol–water partition coefficient (Wildman–Crippen LogP) is 2.09. The van der Waals surface area contributed by atoms with Crippen LogP contribution in [0.25, 0.3) is 0 Å². The smallest absolute Gasteiger partial charge is 0.0300 e. The lowest BCUT2D eigenvalue weighted by molar-refractivity contribution is 0.746. The second-order valence-corrected chi connectivity index (χ2v) is 4.55. The molecule has 1 aromatic heterocycles. The van der Waals surface area contributed by atoms with E-state index < -0.39 is 0 Å². The molecule has 0 radical (unpaired) electrons. The monoisotopic (exact) mass is 210 g/mol. The summed E-state index contributed by atoms with van der Waals surface area (Å²) in [5.41, 5.74) is 7.23. The Morgan fingerprint density at radius 3 is 3.07 bits per heavy atom. The molecule has 0 aliphatic heterocycles. The molecule has 2 N–H and O–H groups in total. The molecule has 78 valence electrons. The van der Waals surface area contributed by atoms with Crippen LogP contribution in [0.1, 0.15) is 18.9 Å². The van der Waals surface area contributed by atoms with Crippen molar-refractivity contribution < 1.29 is 0 Å². The van der Waals surface area contributed by atoms with Crippen LogP contribution < -0.4 is 5.73 Å². The summed E-state index contributed by atoms with van der Waals surface area (Å²) >= 11 is 1.94. The van der Waals surface area contributed by atoms with Gasteiger partial charge >= 0.3 is 0 Å². The second-order valence-electron chi connectivity index (χ2n) is 3.40. The van der Waals surface area contributed by atoms with Gasteiger partial charge in [-0.3, -0.25) is 4.98 Å². The number of nitrogens with two attached hydrogens (primary N) is 1. The minimum absolute atomic E-state index is 0.260. The Labute approximate surface area is 90.3 Å². The standard InChI is InChI=1S/C11H18N2S/c1-2-6-14-9-11(12)7-10-4-3-5-13-8-10/h3-5,8,11H,2,6-7,9,12H2,1H3. The van der Waals surface area contributed by atoms with Crippen molar-refractivity contribution in [2.75, 3.05) is 11.5 Å². The van der Waals surface area contributed by atoms with Crippen LogP contribution in [0.4, 0.5) is 0 Å². The normalized spacial score (nSPS) is 12.7. The van der Waals surface area contributed by atoms with Gasteiger partial charge in [0.05, 0.1) is 0 Å². The lowest BCUT2D eigenvalue weighted by atomic mass is 10.1. The fourth-order valence-corrected chi connectivity index (χ4v) is 2.14. The summed E-state index contributed by atoms with van der Waals surface area (Å²) in [6.07, 6.45) is 5.85. The van der Waals surface area contributed by atoms with Crippen LogP contribution in [0.3, 0.4) is 0 Å². The molecule has 2 nitrogen and oxygen atoms in total. The molecule has 1 atom stereocenters. The summed E-state index contributed by atoms with van der Waals surface area (Å²) in [4.78, 5) is 4.07. The first kappa shape index (κ1) is 11.5. The van der Waals surface area contributed by atoms with Crippen LogP contribution in [0.5, 0.6) is 0 Å². The Kier molecular flexibility index (Phi) is 5.64. The third-order valence-corrected chi connectivity index (χ3v) is 3.26. The summed E-state index contributed by atoms with van der Waals surface area (Å²) in [6, 6.07) is 4.30. The maximum Gasteiger partial charge on any atom is 0.0300 e. The quantitative estimate of drug-likeness (QED) is 0.731. The van der Waals surface area contributed by atoms with Gasteiger partial charge < -0.3 is 5.73 Å². The van der Waals surface area contributed by atoms with Crippen molar-refractivity contribution in [3.05, 3.63) is 30.1 Å². The van der Waals surface area contributed by atoms with Crippen molar-refractivity contribution in [1.29, 1.82) is 0 Å². The van der Waals surface area contributed by atoms with Gasteiger partial charge in [-0.25, -0.2) is 0 Å². The van der Waals surface area contributed by atoms with E-state index in [0.717, 1.165) is 12.2 Å². The van der Waals surface area contributed by atoms with E-state index >= 15 is 0 Å². The maximum atomic E-state index is 6.00. The van der Waals surface area contributed by atoms with Crippen molar-refractivity contribution in [2.24, 2.45) is 5.73 Å². The molecule has 0 aromatic carbocycles. The summed E-state index contributed by atoms with van der Waals surface area (Å²) in [5.74, 6) is 2.25. The molecule has 3 heteroatoms. The van der Waals surface area contributed by atoms with E-state index in [-0.39, 0.29) is 6.04 Å². The average molecular weight is 210 g/mol. The van der Waals surface area contributed by atoms with E-state index in [1.54, 1.807) is 6.20 Å². The van der Waals surface area contributed by atoms with Crippen LogP contribution in [0.15, 0.2) is 24.5 Å². The van der Waals surface area contributed by atoms with Crippen molar-refractivity contribution >= 4 is 11.8 Å². The Bertz CT molecular complexity index is 238. The van der Waals surface area contributed by atoms with Crippen molar-refractivity contribution in [2.45, 2.75) is 25.8 Å². The van der Waals surface area contributed by atoms with E-state index in [2.05, 4.69) is 18.0 Å². The summed E-state index contributed by atoms with van der Waals surface area (Å²) in [7, 11) is 0. The maximum absolute atomic E-state index is 6.00. The van der Waals surface area contributed by atoms with Crippen molar-refractivity contribution in [3.63, 3.8) is 0 Å². The zero-order valence-corrected chi connectivity index (χ0v) is 9.46. The number of pyridine rings is 1. The highest BCUT2D eigenvalue weighted by Crippen LogP contribution is 2.07. The number of aromatic nitrogens is 1. The Balaban J connectivity index is 2.23. The molecule has 14 heavy (non-hydrogen) atoms. The molecular weight excluding hydrogens is 192 g/mol. The van der Waals surface area contributed by atoms with E-state index in [9.17, 15) is 0 Å². The SMILES string of the molecule is CCCSCC(N)Cc1cccnc1. The van der Waals surface area contributed by atoms with Gasteiger partial charge in [0, 0.05) is 24.2 Å². The second kappa shape index (κ2) is 6.85. The predicted molar refractivity (Wildman–Crippen MR) is 63.5 cm³/mol. The van der Waals surface area contributed by atoms with E-state index in [0.29, 0.717) is 0 Å². The molecular formula is C11H18N2S. The summed E-state index contributed by atoms with van der Waals surface area (Å²) in [6.45, 7) is 2.19. The van der Waals surface area contributed by atoms with E-state index in [1.165, 1.54) is 17.7 Å². The van der Waals surface area contributed by atoms with Crippen LogP contribution in [-0.2, 0) is 6.42 Å². The highest BCUT2D eigenvalue weighted by Gasteiger charge is 2.03. The van der Waals surface area contributed by atoms with Gasteiger partial charge in [0.1, 0.15) is 0 Å². The summed E-state index contributed by atoms with van der Waals surface area (Å²) < 4.78 is 0. The van der Waals surface area contributed by atoms with Crippen molar-refractivity contribution in [1.82, 2.24) is 4.98 Å². The topological polar surface area (TPSA) is 38.9 Å². The van der Waals surface area contributed by atoms with Crippen LogP contribution in [-0.4, -0.2) is 22.5 Å². The number of nitrogens with zero attached hydrogens (tertiary/aromatic N) is 1. The average Bonchev–Trinajstić information content (AvgIpc) is 2.20. The van der Waals surface area contributed by atoms with Crippen LogP contribution >= 0.6 is 11.8 Å². The Morgan fingerprint density at radius 2 is 2.43 bits per heavy atom. The molecule has 1 unspecified atom stereocenters. The first-order chi connectivity index (χ1) is 6.83. The lowest BCUT2D eigenvalue weighted by Crippen LogP contribution is -2.25. The first-order valence-electron chi connectivity index (χ1n) is 5.05. The molecule has 0 fully saturated rings. The summed E-state index contributed by atoms with van der Waals surface area (Å²) in [5, 5.41) is 0. The lowest BCUT2D eigenvalue weighted by Gasteiger charge is -2.10. The van der Waals surface area contributed by atoms with E-state index in [1.807, 2.05) is 24.0 Å². The minimum atomic E-state index is 0.260. The number of rotatable bonds is 6. The number of thioether (sulfide) groups is 1. The molecule has 0 aliphatic carbocycles. The molecule has 0 bridgehead atoms. The van der Waals surface area contributed by atoms with E-state index in [4.69, 9.17) is 5.73 Å². The highest BCUT2D eigenvalue weighted by molar-refractivity contribution is 7.99. The van der Waals surface area contributed by atoms with Gasteiger partial charge in [-0.1, -0.05) is 13.0 Å². The number of hydrogen-bond donors (Lipinski definition) is 1. The fraction of sp³-hybridized carbons (Fsp3) is 0.545. The molecule has 0 saturated heterocycles. The van der Waals surface area contributed by atoms with Gasteiger partial charge in [0.25, 0.3) is 0 Å². The van der Waals surface area contributed by atoms with Gasteiger partial charge in [0.2, 0.25) is 0 Å². The van der Waals surface area contributed by atoms with Crippen LogP contribution in [0.2, 0.25) is 0 Å². The van der Waals surface area contributed by atoms with Gasteiger partial charge in [-0.15, -0.1) is 0 Å². The van der Waals surface area contributed by atoms with Gasteiger partial charge in [-0.2, -0.15) is 11.8 Å². The first-order valence-corrected chi connectivity index (χ1v) is 6.20. The highest BCUT2D eigenvalue weighted by atomic mass is 32.2. The molecule has 1 heterocycles. The number of hydrogen-bond acceptors (Lipinski definition) is 3. The van der Waals surface area contributed by atoms with Gasteiger partial charge in [0.15, 0.2) is 0 Å². The fourth-order valence-electron chi connectivity index (χ4n) is 1.26. The molecule has 1 rings (SSSR count). The van der Waals surface area contributed by atoms with Gasteiger partial charge in [-0.05, 0) is 30.2 Å². The molecule has 0 saturated carbocycles. The molecule has 1 aromatic rings. The third kappa shape index (κ3) is 4.63. The zero-order chi connectivity index (χ0) is 10.2. The van der Waals surface area contributed by atoms with Crippen LogP contribution in [0, 0.1) is 0 Å². The molecule has 0 amide bonds. The third-order valence-electron chi connectivity index (χ3n) is 1.90. The largest absolute Gasteiger partial charge is 0.327 e. The Hall–Kier alpha value is -0.540. The molecule has 0 aliphatic rings. The molecule has 0 spiro atoms. The zero-order valence-electron chi connectivity index (χ0n) is 8.65.